The molecule has 5 nitrogen and oxygen atoms in total. The average Bonchev–Trinajstić information content (AvgIpc) is 3.22. The van der Waals surface area contributed by atoms with Crippen LogP contribution >= 0.6 is 11.6 Å². The highest BCUT2D eigenvalue weighted by molar-refractivity contribution is 6.30. The summed E-state index contributed by atoms with van der Waals surface area (Å²) in [6.07, 6.45) is 1.69. The smallest absolute Gasteiger partial charge is 0.148 e. The molecule has 0 bridgehead atoms. The Morgan fingerprint density at radius 1 is 1.07 bits per heavy atom. The number of aromatic nitrogens is 1. The van der Waals surface area contributed by atoms with Crippen molar-refractivity contribution in [2.45, 2.75) is 6.54 Å². The molecule has 2 aromatic carbocycles. The normalized spacial score (nSPS) is 11.2. The topological polar surface area (TPSA) is 59.3 Å². The third kappa shape index (κ3) is 4.62. The number of benzene rings is 2. The first-order valence-corrected chi connectivity index (χ1v) is 9.91. The highest BCUT2D eigenvalue weighted by atomic mass is 35.5. The maximum atomic E-state index is 14.2. The van der Waals surface area contributed by atoms with E-state index < -0.39 is 5.82 Å². The number of rotatable bonds is 8. The Morgan fingerprint density at radius 2 is 1.97 bits per heavy atom. The SMILES string of the molecule is COCCNCc1ccc(-c2ccc3c(Nc4ccc(Cl)cc4F)ccnc3c2)o1. The summed E-state index contributed by atoms with van der Waals surface area (Å²) in [5.41, 5.74) is 2.82. The highest BCUT2D eigenvalue weighted by Gasteiger charge is 2.10. The number of anilines is 2. The number of nitrogens with zero attached hydrogens (tertiary/aromatic N) is 1. The number of pyridine rings is 1. The van der Waals surface area contributed by atoms with Crippen molar-refractivity contribution in [3.8, 4) is 11.3 Å². The van der Waals surface area contributed by atoms with Gasteiger partial charge in [0.2, 0.25) is 0 Å². The van der Waals surface area contributed by atoms with Gasteiger partial charge in [-0.25, -0.2) is 4.39 Å². The van der Waals surface area contributed by atoms with E-state index in [9.17, 15) is 4.39 Å². The Labute approximate surface area is 178 Å². The van der Waals surface area contributed by atoms with Gasteiger partial charge in [-0.05, 0) is 48.5 Å². The largest absolute Gasteiger partial charge is 0.460 e. The van der Waals surface area contributed by atoms with Crippen LogP contribution in [0.2, 0.25) is 5.02 Å². The van der Waals surface area contributed by atoms with Crippen molar-refractivity contribution in [1.29, 1.82) is 0 Å². The molecule has 2 aromatic heterocycles. The zero-order valence-electron chi connectivity index (χ0n) is 16.4. The van der Waals surface area contributed by atoms with Gasteiger partial charge in [-0.2, -0.15) is 0 Å². The van der Waals surface area contributed by atoms with Gasteiger partial charge in [-0.1, -0.05) is 17.7 Å². The molecule has 2 N–H and O–H groups in total. The number of nitrogens with one attached hydrogen (secondary N) is 2. The lowest BCUT2D eigenvalue weighted by Gasteiger charge is -2.11. The standard InChI is InChI=1S/C23H21ClFN3O2/c1-29-11-10-26-14-17-4-7-23(30-17)15-2-5-18-20(8-9-27-22(18)12-15)28-21-6-3-16(24)13-19(21)25/h2-9,12-13,26H,10-11,14H2,1H3,(H,27,28). The van der Waals surface area contributed by atoms with E-state index in [4.69, 9.17) is 20.8 Å². The van der Waals surface area contributed by atoms with Crippen molar-refractivity contribution in [3.05, 3.63) is 77.4 Å². The summed E-state index contributed by atoms with van der Waals surface area (Å²) in [5, 5.41) is 7.61. The van der Waals surface area contributed by atoms with E-state index in [0.29, 0.717) is 23.9 Å². The molecule has 0 atom stereocenters. The second-order valence-electron chi connectivity index (χ2n) is 6.78. The molecule has 0 saturated carbocycles. The van der Waals surface area contributed by atoms with Crippen LogP contribution in [0.1, 0.15) is 5.76 Å². The molecule has 0 amide bonds. The molecule has 0 spiro atoms. The summed E-state index contributed by atoms with van der Waals surface area (Å²) in [4.78, 5) is 4.46. The van der Waals surface area contributed by atoms with E-state index >= 15 is 0 Å². The van der Waals surface area contributed by atoms with Crippen LogP contribution in [0, 0.1) is 5.82 Å². The number of furan rings is 1. The Bertz CT molecular complexity index is 1160. The number of hydrogen-bond acceptors (Lipinski definition) is 5. The third-order valence-corrected chi connectivity index (χ3v) is 4.91. The van der Waals surface area contributed by atoms with Crippen LogP contribution in [-0.2, 0) is 11.3 Å². The van der Waals surface area contributed by atoms with Gasteiger partial charge in [-0.15, -0.1) is 0 Å². The van der Waals surface area contributed by atoms with Gasteiger partial charge in [-0.3, -0.25) is 4.98 Å². The van der Waals surface area contributed by atoms with Crippen molar-refractivity contribution >= 4 is 33.9 Å². The summed E-state index contributed by atoms with van der Waals surface area (Å²) in [6, 6.07) is 16.1. The molecule has 0 fully saturated rings. The molecule has 4 rings (SSSR count). The van der Waals surface area contributed by atoms with Gasteiger partial charge in [0.05, 0.1) is 24.4 Å². The fraction of sp³-hybridized carbons (Fsp3) is 0.174. The Balaban J connectivity index is 1.56. The van der Waals surface area contributed by atoms with Crippen molar-refractivity contribution in [2.24, 2.45) is 0 Å². The average molecular weight is 426 g/mol. The van der Waals surface area contributed by atoms with Gasteiger partial charge < -0.3 is 19.8 Å². The fourth-order valence-electron chi connectivity index (χ4n) is 3.16. The minimum Gasteiger partial charge on any atom is -0.460 e. The van der Waals surface area contributed by atoms with Crippen LogP contribution in [0.15, 0.2) is 65.2 Å². The number of halogens is 2. The lowest BCUT2D eigenvalue weighted by molar-refractivity contribution is 0.198. The Morgan fingerprint density at radius 3 is 2.80 bits per heavy atom. The van der Waals surface area contributed by atoms with E-state index in [1.807, 2.05) is 36.4 Å². The second kappa shape index (κ2) is 9.26. The summed E-state index contributed by atoms with van der Waals surface area (Å²) in [5.74, 6) is 1.21. The van der Waals surface area contributed by atoms with Gasteiger partial charge in [0.15, 0.2) is 0 Å². The van der Waals surface area contributed by atoms with Crippen LogP contribution in [0.3, 0.4) is 0 Å². The Hall–Kier alpha value is -2.93. The quantitative estimate of drug-likeness (QED) is 0.351. The van der Waals surface area contributed by atoms with Crippen LogP contribution < -0.4 is 10.6 Å². The molecular formula is C23H21ClFN3O2. The fourth-order valence-corrected chi connectivity index (χ4v) is 3.32. The molecule has 30 heavy (non-hydrogen) atoms. The molecule has 0 radical (unpaired) electrons. The predicted octanol–water partition coefficient (Wildman–Crippen LogP) is 5.77. The van der Waals surface area contributed by atoms with E-state index in [2.05, 4.69) is 15.6 Å². The molecule has 2 heterocycles. The summed E-state index contributed by atoms with van der Waals surface area (Å²) in [7, 11) is 1.67. The van der Waals surface area contributed by atoms with E-state index in [0.717, 1.165) is 40.2 Å². The van der Waals surface area contributed by atoms with Gasteiger partial charge in [0.1, 0.15) is 17.3 Å². The zero-order valence-corrected chi connectivity index (χ0v) is 17.2. The first kappa shape index (κ1) is 20.3. The van der Waals surface area contributed by atoms with Crippen molar-refractivity contribution in [2.75, 3.05) is 25.6 Å². The van der Waals surface area contributed by atoms with Gasteiger partial charge in [0, 0.05) is 41.5 Å². The number of fused-ring (bicyclic) bond motifs is 1. The summed E-state index contributed by atoms with van der Waals surface area (Å²) < 4.78 is 25.1. The van der Waals surface area contributed by atoms with Crippen molar-refractivity contribution < 1.29 is 13.5 Å². The van der Waals surface area contributed by atoms with Crippen LogP contribution in [0.4, 0.5) is 15.8 Å². The number of ether oxygens (including phenoxy) is 1. The molecule has 0 aliphatic carbocycles. The van der Waals surface area contributed by atoms with Crippen molar-refractivity contribution in [3.63, 3.8) is 0 Å². The molecule has 7 heteroatoms. The van der Waals surface area contributed by atoms with Crippen LogP contribution in [0.5, 0.6) is 0 Å². The zero-order chi connectivity index (χ0) is 20.9. The second-order valence-corrected chi connectivity index (χ2v) is 7.21. The first-order valence-electron chi connectivity index (χ1n) is 9.53. The molecule has 0 aliphatic heterocycles. The molecule has 0 unspecified atom stereocenters. The predicted molar refractivity (Wildman–Crippen MR) is 118 cm³/mol. The first-order chi connectivity index (χ1) is 14.6. The molecule has 0 saturated heterocycles. The lowest BCUT2D eigenvalue weighted by atomic mass is 10.1. The van der Waals surface area contributed by atoms with E-state index in [1.165, 1.54) is 6.07 Å². The summed E-state index contributed by atoms with van der Waals surface area (Å²) >= 11 is 5.84. The maximum absolute atomic E-state index is 14.2. The van der Waals surface area contributed by atoms with Gasteiger partial charge in [0.25, 0.3) is 0 Å². The minimum atomic E-state index is -0.411. The maximum Gasteiger partial charge on any atom is 0.148 e. The monoisotopic (exact) mass is 425 g/mol. The number of methoxy groups -OCH3 is 1. The van der Waals surface area contributed by atoms with Crippen LogP contribution in [0.25, 0.3) is 22.2 Å². The molecule has 154 valence electrons. The third-order valence-electron chi connectivity index (χ3n) is 4.67. The molecule has 0 aliphatic rings. The van der Waals surface area contributed by atoms with E-state index in [-0.39, 0.29) is 0 Å². The van der Waals surface area contributed by atoms with E-state index in [1.54, 1.807) is 25.4 Å². The molecular weight excluding hydrogens is 405 g/mol. The molecule has 4 aromatic rings. The van der Waals surface area contributed by atoms with Gasteiger partial charge >= 0.3 is 0 Å². The highest BCUT2D eigenvalue weighted by Crippen LogP contribution is 2.31. The number of hydrogen-bond donors (Lipinski definition) is 2. The Kier molecular flexibility index (Phi) is 6.28. The lowest BCUT2D eigenvalue weighted by Crippen LogP contribution is -2.18. The van der Waals surface area contributed by atoms with Crippen LogP contribution in [-0.4, -0.2) is 25.2 Å². The van der Waals surface area contributed by atoms with Crippen molar-refractivity contribution in [1.82, 2.24) is 10.3 Å². The minimum absolute atomic E-state index is 0.354. The summed E-state index contributed by atoms with van der Waals surface area (Å²) in [6.45, 7) is 2.05.